The van der Waals surface area contributed by atoms with Gasteiger partial charge in [-0.15, -0.1) is 11.3 Å². The van der Waals surface area contributed by atoms with E-state index in [1.807, 2.05) is 31.2 Å². The summed E-state index contributed by atoms with van der Waals surface area (Å²) in [6.45, 7) is 3.66. The highest BCUT2D eigenvalue weighted by atomic mass is 32.1. The van der Waals surface area contributed by atoms with Gasteiger partial charge in [-0.2, -0.15) is 13.2 Å². The quantitative estimate of drug-likeness (QED) is 0.921. The Morgan fingerprint density at radius 1 is 1.21 bits per heavy atom. The summed E-state index contributed by atoms with van der Waals surface area (Å²) in [4.78, 5) is 3.95. The third-order valence-corrected chi connectivity index (χ3v) is 3.66. The molecule has 2 aromatic rings. The fraction of sp³-hybridized carbons (Fsp3) is 0.308. The van der Waals surface area contributed by atoms with Gasteiger partial charge in [0.05, 0.1) is 4.88 Å². The highest BCUT2D eigenvalue weighted by molar-refractivity contribution is 7.15. The smallest absolute Gasteiger partial charge is 0.313 e. The number of halogens is 3. The van der Waals surface area contributed by atoms with E-state index in [0.717, 1.165) is 24.2 Å². The minimum atomic E-state index is -4.37. The molecular formula is C13H13F3N2S. The van der Waals surface area contributed by atoms with Crippen molar-refractivity contribution < 1.29 is 13.2 Å². The van der Waals surface area contributed by atoms with E-state index < -0.39 is 11.2 Å². The van der Waals surface area contributed by atoms with Crippen LogP contribution in [0.15, 0.2) is 30.5 Å². The molecule has 19 heavy (non-hydrogen) atoms. The largest absolute Gasteiger partial charge is 0.443 e. The molecule has 2 nitrogen and oxygen atoms in total. The van der Waals surface area contributed by atoms with Crippen LogP contribution in [0.5, 0.6) is 0 Å². The van der Waals surface area contributed by atoms with Crippen molar-refractivity contribution in [1.29, 1.82) is 0 Å². The second-order valence-corrected chi connectivity index (χ2v) is 5.04. The highest BCUT2D eigenvalue weighted by Gasteiger charge is 2.34. The Morgan fingerprint density at radius 2 is 1.89 bits per heavy atom. The Kier molecular flexibility index (Phi) is 4.21. The molecule has 0 saturated heterocycles. The Labute approximate surface area is 113 Å². The number of rotatable bonds is 4. The van der Waals surface area contributed by atoms with Gasteiger partial charge in [-0.3, -0.25) is 0 Å². The molecule has 2 rings (SSSR count). The fourth-order valence-electron chi connectivity index (χ4n) is 1.59. The zero-order valence-electron chi connectivity index (χ0n) is 10.3. The van der Waals surface area contributed by atoms with E-state index in [-0.39, 0.29) is 0 Å². The SMILES string of the molecule is CCNCc1ccc(-c2cnc(C(F)(F)F)s2)cc1. The number of benzene rings is 1. The van der Waals surface area contributed by atoms with E-state index in [2.05, 4.69) is 10.3 Å². The molecule has 0 aliphatic heterocycles. The van der Waals surface area contributed by atoms with Gasteiger partial charge in [0, 0.05) is 12.7 Å². The van der Waals surface area contributed by atoms with E-state index in [0.29, 0.717) is 16.2 Å². The minimum Gasteiger partial charge on any atom is -0.313 e. The number of thiazole rings is 1. The third-order valence-electron chi connectivity index (χ3n) is 2.57. The van der Waals surface area contributed by atoms with E-state index >= 15 is 0 Å². The Bertz CT molecular complexity index is 532. The van der Waals surface area contributed by atoms with Gasteiger partial charge in [0.25, 0.3) is 0 Å². The second-order valence-electron chi connectivity index (χ2n) is 4.00. The van der Waals surface area contributed by atoms with Gasteiger partial charge in [-0.1, -0.05) is 31.2 Å². The van der Waals surface area contributed by atoms with Gasteiger partial charge >= 0.3 is 6.18 Å². The normalized spacial score (nSPS) is 11.8. The zero-order chi connectivity index (χ0) is 13.9. The highest BCUT2D eigenvalue weighted by Crippen LogP contribution is 2.36. The maximum absolute atomic E-state index is 12.5. The van der Waals surface area contributed by atoms with Crippen LogP contribution < -0.4 is 5.32 Å². The summed E-state index contributed by atoms with van der Waals surface area (Å²) in [7, 11) is 0. The molecule has 102 valence electrons. The summed E-state index contributed by atoms with van der Waals surface area (Å²) in [5.74, 6) is 0. The van der Waals surface area contributed by atoms with Crippen molar-refractivity contribution >= 4 is 11.3 Å². The van der Waals surface area contributed by atoms with E-state index in [1.54, 1.807) is 0 Å². The lowest BCUT2D eigenvalue weighted by Crippen LogP contribution is -2.11. The molecule has 1 aromatic carbocycles. The summed E-state index contributed by atoms with van der Waals surface area (Å²) < 4.78 is 37.4. The zero-order valence-corrected chi connectivity index (χ0v) is 11.1. The minimum absolute atomic E-state index is 0.530. The van der Waals surface area contributed by atoms with E-state index in [9.17, 15) is 13.2 Å². The molecule has 0 aliphatic carbocycles. The van der Waals surface area contributed by atoms with Crippen LogP contribution in [-0.2, 0) is 12.7 Å². The molecular weight excluding hydrogens is 273 g/mol. The second kappa shape index (κ2) is 5.71. The first-order chi connectivity index (χ1) is 9.00. The predicted molar refractivity (Wildman–Crippen MR) is 69.9 cm³/mol. The molecule has 0 bridgehead atoms. The van der Waals surface area contributed by atoms with Crippen LogP contribution in [0.2, 0.25) is 0 Å². The van der Waals surface area contributed by atoms with Crippen molar-refractivity contribution in [3.63, 3.8) is 0 Å². The topological polar surface area (TPSA) is 24.9 Å². The average molecular weight is 286 g/mol. The Morgan fingerprint density at radius 3 is 2.42 bits per heavy atom. The summed E-state index contributed by atoms with van der Waals surface area (Å²) in [6, 6.07) is 7.45. The first kappa shape index (κ1) is 14.0. The molecule has 6 heteroatoms. The molecule has 0 spiro atoms. The monoisotopic (exact) mass is 286 g/mol. The van der Waals surface area contributed by atoms with Crippen LogP contribution in [-0.4, -0.2) is 11.5 Å². The van der Waals surface area contributed by atoms with Crippen molar-refractivity contribution in [2.24, 2.45) is 0 Å². The molecule has 1 aromatic heterocycles. The number of alkyl halides is 3. The van der Waals surface area contributed by atoms with Gasteiger partial charge in [0.1, 0.15) is 0 Å². The summed E-state index contributed by atoms with van der Waals surface area (Å²) >= 11 is 0.665. The number of aromatic nitrogens is 1. The van der Waals surface area contributed by atoms with Gasteiger partial charge < -0.3 is 5.32 Å². The fourth-order valence-corrected chi connectivity index (χ4v) is 2.38. The molecule has 1 heterocycles. The van der Waals surface area contributed by atoms with Crippen LogP contribution in [0.3, 0.4) is 0 Å². The first-order valence-corrected chi connectivity index (χ1v) is 6.65. The molecule has 0 atom stereocenters. The van der Waals surface area contributed by atoms with Crippen LogP contribution >= 0.6 is 11.3 Å². The molecule has 0 radical (unpaired) electrons. The summed E-state index contributed by atoms with van der Waals surface area (Å²) in [5, 5.41) is 2.38. The van der Waals surface area contributed by atoms with Crippen LogP contribution in [0.25, 0.3) is 10.4 Å². The molecule has 0 unspecified atom stereocenters. The average Bonchev–Trinajstić information content (AvgIpc) is 2.86. The van der Waals surface area contributed by atoms with E-state index in [1.165, 1.54) is 6.20 Å². The van der Waals surface area contributed by atoms with Crippen molar-refractivity contribution in [3.8, 4) is 10.4 Å². The molecule has 1 N–H and O–H groups in total. The number of nitrogens with zero attached hydrogens (tertiary/aromatic N) is 1. The maximum atomic E-state index is 12.5. The van der Waals surface area contributed by atoms with Crippen molar-refractivity contribution in [2.75, 3.05) is 6.54 Å². The van der Waals surface area contributed by atoms with Crippen LogP contribution in [0, 0.1) is 0 Å². The van der Waals surface area contributed by atoms with Gasteiger partial charge in [0.2, 0.25) is 0 Å². The molecule has 0 saturated carbocycles. The first-order valence-electron chi connectivity index (χ1n) is 5.83. The van der Waals surface area contributed by atoms with Gasteiger partial charge in [-0.05, 0) is 17.7 Å². The lowest BCUT2D eigenvalue weighted by molar-refractivity contribution is -0.137. The number of nitrogens with one attached hydrogen (secondary N) is 1. The Hall–Kier alpha value is -1.40. The van der Waals surface area contributed by atoms with Gasteiger partial charge in [-0.25, -0.2) is 4.98 Å². The third kappa shape index (κ3) is 3.54. The molecule has 0 fully saturated rings. The van der Waals surface area contributed by atoms with Crippen molar-refractivity contribution in [2.45, 2.75) is 19.6 Å². The number of hydrogen-bond donors (Lipinski definition) is 1. The lowest BCUT2D eigenvalue weighted by atomic mass is 10.1. The standard InChI is InChI=1S/C13H13F3N2S/c1-2-17-7-9-3-5-10(6-4-9)11-8-18-12(19-11)13(14,15)16/h3-6,8,17H,2,7H2,1H3. The van der Waals surface area contributed by atoms with Crippen LogP contribution in [0.4, 0.5) is 13.2 Å². The summed E-state index contributed by atoms with van der Waals surface area (Å²) in [5.41, 5.74) is 1.86. The van der Waals surface area contributed by atoms with Crippen LogP contribution in [0.1, 0.15) is 17.5 Å². The molecule has 0 aliphatic rings. The van der Waals surface area contributed by atoms with E-state index in [4.69, 9.17) is 0 Å². The molecule has 0 amide bonds. The Balaban J connectivity index is 2.16. The predicted octanol–water partition coefficient (Wildman–Crippen LogP) is 3.94. The summed E-state index contributed by atoms with van der Waals surface area (Å²) in [6.07, 6.45) is -3.10. The number of hydrogen-bond acceptors (Lipinski definition) is 3. The maximum Gasteiger partial charge on any atom is 0.443 e. The lowest BCUT2D eigenvalue weighted by Gasteiger charge is -2.03. The van der Waals surface area contributed by atoms with Crippen molar-refractivity contribution in [3.05, 3.63) is 41.0 Å². The van der Waals surface area contributed by atoms with Gasteiger partial charge in [0.15, 0.2) is 5.01 Å². The van der Waals surface area contributed by atoms with Crippen molar-refractivity contribution in [1.82, 2.24) is 10.3 Å².